The van der Waals surface area contributed by atoms with Gasteiger partial charge in [-0.05, 0) is 48.2 Å². The number of methoxy groups -OCH3 is 1. The molecular weight excluding hydrogens is 319 g/mol. The van der Waals surface area contributed by atoms with Gasteiger partial charge in [-0.1, -0.05) is 18.2 Å². The van der Waals surface area contributed by atoms with Gasteiger partial charge in [0, 0.05) is 26.2 Å². The number of benzene rings is 2. The van der Waals surface area contributed by atoms with E-state index in [1.807, 2.05) is 41.3 Å². The summed E-state index contributed by atoms with van der Waals surface area (Å²) >= 11 is 0. The van der Waals surface area contributed by atoms with Crippen LogP contribution in [0.5, 0.6) is 5.75 Å². The first-order valence-corrected chi connectivity index (χ1v) is 8.71. The number of aliphatic hydroxyl groups is 1. The van der Waals surface area contributed by atoms with Gasteiger partial charge in [0.2, 0.25) is 0 Å². The summed E-state index contributed by atoms with van der Waals surface area (Å²) in [5, 5.41) is 12.9. The third-order valence-electron chi connectivity index (χ3n) is 4.61. The van der Waals surface area contributed by atoms with Crippen LogP contribution in [0.2, 0.25) is 0 Å². The number of rotatable bonds is 6. The number of ether oxygens (including phenoxy) is 1. The molecule has 0 bridgehead atoms. The van der Waals surface area contributed by atoms with E-state index < -0.39 is 0 Å². The van der Waals surface area contributed by atoms with Gasteiger partial charge >= 0.3 is 0 Å². The minimum atomic E-state index is -0.251. The predicted octanol–water partition coefficient (Wildman–Crippen LogP) is 3.09. The Hall–Kier alpha value is -2.11. The third kappa shape index (κ3) is 4.71. The standard InChI is InChI=1S/C20H25FN2O2/c1-25-18-4-2-3-15(11-18)13-22-14-16-5-6-20(19(21)12-16)23-9-7-17(24)8-10-23/h2-6,11-12,17,22,24H,7-10,13-14H2,1H3. The summed E-state index contributed by atoms with van der Waals surface area (Å²) in [5.41, 5.74) is 2.67. The average Bonchev–Trinajstić information content (AvgIpc) is 2.63. The highest BCUT2D eigenvalue weighted by Gasteiger charge is 2.19. The minimum absolute atomic E-state index is 0.197. The van der Waals surface area contributed by atoms with Crippen molar-refractivity contribution < 1.29 is 14.2 Å². The molecule has 0 amide bonds. The number of nitrogens with one attached hydrogen (secondary N) is 1. The highest BCUT2D eigenvalue weighted by molar-refractivity contribution is 5.49. The molecule has 2 N–H and O–H groups in total. The van der Waals surface area contributed by atoms with Gasteiger partial charge in [-0.3, -0.25) is 0 Å². The van der Waals surface area contributed by atoms with Crippen LogP contribution in [0.4, 0.5) is 10.1 Å². The van der Waals surface area contributed by atoms with Crippen molar-refractivity contribution in [1.29, 1.82) is 0 Å². The van der Waals surface area contributed by atoms with Crippen LogP contribution in [0.1, 0.15) is 24.0 Å². The fourth-order valence-electron chi connectivity index (χ4n) is 3.16. The number of piperidine rings is 1. The van der Waals surface area contributed by atoms with Crippen molar-refractivity contribution in [1.82, 2.24) is 5.32 Å². The minimum Gasteiger partial charge on any atom is -0.497 e. The third-order valence-corrected chi connectivity index (χ3v) is 4.61. The van der Waals surface area contributed by atoms with Gasteiger partial charge in [0.05, 0.1) is 18.9 Å². The lowest BCUT2D eigenvalue weighted by Crippen LogP contribution is -2.36. The monoisotopic (exact) mass is 344 g/mol. The van der Waals surface area contributed by atoms with Crippen LogP contribution < -0.4 is 15.0 Å². The Kier molecular flexibility index (Phi) is 5.89. The van der Waals surface area contributed by atoms with Crippen molar-refractivity contribution in [3.63, 3.8) is 0 Å². The summed E-state index contributed by atoms with van der Waals surface area (Å²) in [6.07, 6.45) is 1.14. The fourth-order valence-corrected chi connectivity index (χ4v) is 3.16. The molecule has 2 aromatic rings. The molecule has 134 valence electrons. The van der Waals surface area contributed by atoms with Crippen molar-refractivity contribution in [3.05, 3.63) is 59.4 Å². The van der Waals surface area contributed by atoms with E-state index in [2.05, 4.69) is 5.32 Å². The van der Waals surface area contributed by atoms with E-state index in [-0.39, 0.29) is 11.9 Å². The smallest absolute Gasteiger partial charge is 0.146 e. The van der Waals surface area contributed by atoms with Gasteiger partial charge in [0.25, 0.3) is 0 Å². The zero-order valence-electron chi connectivity index (χ0n) is 14.5. The van der Waals surface area contributed by atoms with Crippen LogP contribution in [0, 0.1) is 5.82 Å². The van der Waals surface area contributed by atoms with Crippen molar-refractivity contribution in [2.24, 2.45) is 0 Å². The highest BCUT2D eigenvalue weighted by Crippen LogP contribution is 2.24. The van der Waals surface area contributed by atoms with Crippen LogP contribution in [0.3, 0.4) is 0 Å². The first-order chi connectivity index (χ1) is 12.2. The van der Waals surface area contributed by atoms with Gasteiger partial charge in [-0.2, -0.15) is 0 Å². The van der Waals surface area contributed by atoms with Crippen LogP contribution in [0.25, 0.3) is 0 Å². The van der Waals surface area contributed by atoms with Crippen LogP contribution in [0.15, 0.2) is 42.5 Å². The predicted molar refractivity (Wildman–Crippen MR) is 97.4 cm³/mol. The quantitative estimate of drug-likeness (QED) is 0.845. The van der Waals surface area contributed by atoms with Crippen LogP contribution >= 0.6 is 0 Å². The van der Waals surface area contributed by atoms with Gasteiger partial charge < -0.3 is 20.1 Å². The fraction of sp³-hybridized carbons (Fsp3) is 0.400. The summed E-state index contributed by atoms with van der Waals surface area (Å²) in [6, 6.07) is 13.3. The zero-order valence-corrected chi connectivity index (χ0v) is 14.5. The number of hydrogen-bond acceptors (Lipinski definition) is 4. The maximum atomic E-state index is 14.4. The average molecular weight is 344 g/mol. The van der Waals surface area contributed by atoms with Crippen LogP contribution in [-0.4, -0.2) is 31.4 Å². The molecule has 1 aliphatic heterocycles. The van der Waals surface area contributed by atoms with E-state index in [1.54, 1.807) is 13.2 Å². The van der Waals surface area contributed by atoms with Gasteiger partial charge in [-0.15, -0.1) is 0 Å². The maximum Gasteiger partial charge on any atom is 0.146 e. The Morgan fingerprint density at radius 2 is 1.84 bits per heavy atom. The molecule has 0 aliphatic carbocycles. The van der Waals surface area contributed by atoms with E-state index in [4.69, 9.17) is 4.74 Å². The second kappa shape index (κ2) is 8.32. The normalized spacial score (nSPS) is 15.4. The van der Waals surface area contributed by atoms with E-state index in [0.717, 1.165) is 16.9 Å². The van der Waals surface area contributed by atoms with Crippen molar-refractivity contribution in [3.8, 4) is 5.75 Å². The summed E-state index contributed by atoms with van der Waals surface area (Å²) in [7, 11) is 1.65. The number of nitrogens with zero attached hydrogens (tertiary/aromatic N) is 1. The molecular formula is C20H25FN2O2. The molecule has 2 aromatic carbocycles. The second-order valence-corrected chi connectivity index (χ2v) is 6.46. The largest absolute Gasteiger partial charge is 0.497 e. The Morgan fingerprint density at radius 3 is 2.52 bits per heavy atom. The molecule has 1 aliphatic rings. The number of hydrogen-bond donors (Lipinski definition) is 2. The molecule has 0 radical (unpaired) electrons. The van der Waals surface area contributed by atoms with Crippen LogP contribution in [-0.2, 0) is 13.1 Å². The van der Waals surface area contributed by atoms with E-state index in [9.17, 15) is 9.50 Å². The molecule has 0 spiro atoms. The topological polar surface area (TPSA) is 44.7 Å². The summed E-state index contributed by atoms with van der Waals surface area (Å²) in [4.78, 5) is 2.01. The number of halogens is 1. The van der Waals surface area contributed by atoms with E-state index >= 15 is 0 Å². The van der Waals surface area contributed by atoms with Gasteiger partial charge in [0.15, 0.2) is 0 Å². The Morgan fingerprint density at radius 1 is 1.12 bits per heavy atom. The molecule has 25 heavy (non-hydrogen) atoms. The highest BCUT2D eigenvalue weighted by atomic mass is 19.1. The summed E-state index contributed by atoms with van der Waals surface area (Å²) in [5.74, 6) is 0.637. The number of aliphatic hydroxyl groups excluding tert-OH is 1. The number of anilines is 1. The first kappa shape index (κ1) is 17.7. The molecule has 0 unspecified atom stereocenters. The lowest BCUT2D eigenvalue weighted by Gasteiger charge is -2.31. The summed E-state index contributed by atoms with van der Waals surface area (Å²) in [6.45, 7) is 2.70. The Bertz CT molecular complexity index is 700. The lowest BCUT2D eigenvalue weighted by atomic mass is 10.1. The molecule has 1 heterocycles. The SMILES string of the molecule is COc1cccc(CNCc2ccc(N3CCC(O)CC3)c(F)c2)c1. The molecule has 5 heteroatoms. The molecule has 4 nitrogen and oxygen atoms in total. The van der Waals surface area contributed by atoms with Crippen molar-refractivity contribution >= 4 is 5.69 Å². The molecule has 1 fully saturated rings. The summed E-state index contributed by atoms with van der Waals surface area (Å²) < 4.78 is 19.6. The molecule has 0 saturated carbocycles. The first-order valence-electron chi connectivity index (χ1n) is 8.71. The molecule has 0 aromatic heterocycles. The van der Waals surface area contributed by atoms with Crippen molar-refractivity contribution in [2.75, 3.05) is 25.1 Å². The molecule has 1 saturated heterocycles. The maximum absolute atomic E-state index is 14.4. The Labute approximate surface area is 148 Å². The lowest BCUT2D eigenvalue weighted by molar-refractivity contribution is 0.145. The molecule has 0 atom stereocenters. The van der Waals surface area contributed by atoms with E-state index in [1.165, 1.54) is 0 Å². The second-order valence-electron chi connectivity index (χ2n) is 6.46. The molecule has 3 rings (SSSR count). The zero-order chi connectivity index (χ0) is 17.6. The van der Waals surface area contributed by atoms with Gasteiger partial charge in [-0.25, -0.2) is 4.39 Å². The van der Waals surface area contributed by atoms with E-state index in [0.29, 0.717) is 44.7 Å². The Balaban J connectivity index is 1.55. The van der Waals surface area contributed by atoms with Crippen molar-refractivity contribution in [2.45, 2.75) is 32.0 Å². The van der Waals surface area contributed by atoms with Gasteiger partial charge in [0.1, 0.15) is 11.6 Å².